The van der Waals surface area contributed by atoms with E-state index in [0.717, 1.165) is 44.8 Å². The number of hydrogen-bond donors (Lipinski definition) is 2. The number of aliphatic hydroxyl groups is 2. The highest BCUT2D eigenvalue weighted by atomic mass is 16.5. The van der Waals surface area contributed by atoms with Crippen molar-refractivity contribution in [2.24, 2.45) is 5.92 Å². The van der Waals surface area contributed by atoms with Gasteiger partial charge in [0.25, 0.3) is 0 Å². The molecule has 0 radical (unpaired) electrons. The summed E-state index contributed by atoms with van der Waals surface area (Å²) in [6.07, 6.45) is 9.75. The Bertz CT molecular complexity index is 266. The molecule has 2 aliphatic rings. The first-order chi connectivity index (χ1) is 9.74. The van der Waals surface area contributed by atoms with Gasteiger partial charge in [-0.1, -0.05) is 19.3 Å². The topological polar surface area (TPSA) is 52.9 Å². The molecule has 0 bridgehead atoms. The molecule has 1 aliphatic heterocycles. The van der Waals surface area contributed by atoms with Crippen molar-refractivity contribution < 1.29 is 14.9 Å². The van der Waals surface area contributed by atoms with Crippen LogP contribution in [0.15, 0.2) is 0 Å². The summed E-state index contributed by atoms with van der Waals surface area (Å²) in [6.45, 7) is 1.78. The summed E-state index contributed by atoms with van der Waals surface area (Å²) in [5.74, 6) is 0.773. The van der Waals surface area contributed by atoms with E-state index in [1.807, 2.05) is 0 Å². The molecule has 1 aliphatic carbocycles. The summed E-state index contributed by atoms with van der Waals surface area (Å²) in [7, 11) is 1.74. The molecule has 2 unspecified atom stereocenters. The molecule has 20 heavy (non-hydrogen) atoms. The third kappa shape index (κ3) is 4.17. The quantitative estimate of drug-likeness (QED) is 0.556. The molecule has 0 amide bonds. The maximum absolute atomic E-state index is 9.63. The van der Waals surface area contributed by atoms with E-state index in [9.17, 15) is 10.2 Å². The minimum atomic E-state index is -1.19. The molecule has 1 saturated heterocycles. The van der Waals surface area contributed by atoms with Gasteiger partial charge in [-0.05, 0) is 51.0 Å². The molecule has 118 valence electrons. The van der Waals surface area contributed by atoms with Crippen molar-refractivity contribution in [1.82, 2.24) is 4.90 Å². The maximum Gasteiger partial charge on any atom is 0.167 e. The lowest BCUT2D eigenvalue weighted by Gasteiger charge is -2.37. The molecule has 2 rings (SSSR count). The van der Waals surface area contributed by atoms with Crippen LogP contribution in [0, 0.1) is 5.92 Å². The highest BCUT2D eigenvalue weighted by molar-refractivity contribution is 4.93. The van der Waals surface area contributed by atoms with E-state index in [-0.39, 0.29) is 6.04 Å². The number of methoxy groups -OCH3 is 1. The van der Waals surface area contributed by atoms with Crippen LogP contribution in [0.2, 0.25) is 0 Å². The summed E-state index contributed by atoms with van der Waals surface area (Å²) >= 11 is 0. The second-order valence-corrected chi connectivity index (χ2v) is 6.46. The number of nitrogens with zero attached hydrogens (tertiary/aromatic N) is 1. The van der Waals surface area contributed by atoms with Gasteiger partial charge >= 0.3 is 0 Å². The van der Waals surface area contributed by atoms with Crippen LogP contribution in [-0.4, -0.2) is 53.7 Å². The van der Waals surface area contributed by atoms with Gasteiger partial charge in [-0.15, -0.1) is 0 Å². The Morgan fingerprint density at radius 2 is 1.80 bits per heavy atom. The lowest BCUT2D eigenvalue weighted by Crippen LogP contribution is -2.46. The predicted molar refractivity (Wildman–Crippen MR) is 79.4 cm³/mol. The SMILES string of the molecule is COCCCCN1C(C(O)O)CCC1C1CCCCC1. The Morgan fingerprint density at radius 1 is 1.05 bits per heavy atom. The van der Waals surface area contributed by atoms with E-state index in [1.54, 1.807) is 7.11 Å². The Balaban J connectivity index is 1.90. The molecular formula is C16H31NO3. The van der Waals surface area contributed by atoms with Crippen LogP contribution in [0.3, 0.4) is 0 Å². The van der Waals surface area contributed by atoms with Gasteiger partial charge in [0.05, 0.1) is 6.04 Å². The van der Waals surface area contributed by atoms with E-state index in [2.05, 4.69) is 4.90 Å². The van der Waals surface area contributed by atoms with Crippen LogP contribution in [0.5, 0.6) is 0 Å². The number of rotatable bonds is 7. The van der Waals surface area contributed by atoms with E-state index in [1.165, 1.54) is 32.1 Å². The predicted octanol–water partition coefficient (Wildman–Crippen LogP) is 2.14. The third-order valence-corrected chi connectivity index (χ3v) is 5.16. The lowest BCUT2D eigenvalue weighted by molar-refractivity contribution is -0.0986. The van der Waals surface area contributed by atoms with Crippen molar-refractivity contribution in [1.29, 1.82) is 0 Å². The van der Waals surface area contributed by atoms with Crippen LogP contribution >= 0.6 is 0 Å². The van der Waals surface area contributed by atoms with Gasteiger partial charge in [-0.25, -0.2) is 0 Å². The molecule has 1 saturated carbocycles. The minimum Gasteiger partial charge on any atom is -0.385 e. The van der Waals surface area contributed by atoms with Crippen molar-refractivity contribution in [2.75, 3.05) is 20.3 Å². The summed E-state index contributed by atoms with van der Waals surface area (Å²) < 4.78 is 5.11. The molecule has 0 spiro atoms. The highest BCUT2D eigenvalue weighted by Gasteiger charge is 2.40. The summed E-state index contributed by atoms with van der Waals surface area (Å²) in [5.41, 5.74) is 0. The first-order valence-corrected chi connectivity index (χ1v) is 8.35. The summed E-state index contributed by atoms with van der Waals surface area (Å²) in [4.78, 5) is 2.40. The third-order valence-electron chi connectivity index (χ3n) is 5.16. The van der Waals surface area contributed by atoms with E-state index in [4.69, 9.17) is 4.74 Å². The smallest absolute Gasteiger partial charge is 0.167 e. The van der Waals surface area contributed by atoms with Crippen LogP contribution in [0.25, 0.3) is 0 Å². The first-order valence-electron chi connectivity index (χ1n) is 8.35. The Labute approximate surface area is 123 Å². The molecule has 2 N–H and O–H groups in total. The molecule has 4 nitrogen and oxygen atoms in total. The normalized spacial score (nSPS) is 29.4. The first kappa shape index (κ1) is 16.2. The highest BCUT2D eigenvalue weighted by Crippen LogP contribution is 2.37. The van der Waals surface area contributed by atoms with Crippen molar-refractivity contribution in [2.45, 2.75) is 76.2 Å². The molecular weight excluding hydrogens is 254 g/mol. The van der Waals surface area contributed by atoms with Crippen LogP contribution in [0.4, 0.5) is 0 Å². The standard InChI is InChI=1S/C16H31NO3/c1-20-12-6-5-11-17-14(9-10-15(17)16(18)19)13-7-3-2-4-8-13/h13-16,18-19H,2-12H2,1H3. The molecule has 0 aromatic carbocycles. The molecule has 1 heterocycles. The van der Waals surface area contributed by atoms with Crippen LogP contribution in [-0.2, 0) is 4.74 Å². The maximum atomic E-state index is 9.63. The molecule has 2 fully saturated rings. The number of ether oxygens (including phenoxy) is 1. The second kappa shape index (κ2) is 8.32. The molecule has 2 atom stereocenters. The Morgan fingerprint density at radius 3 is 2.45 bits per heavy atom. The van der Waals surface area contributed by atoms with Gasteiger partial charge in [0.15, 0.2) is 6.29 Å². The van der Waals surface area contributed by atoms with E-state index >= 15 is 0 Å². The van der Waals surface area contributed by atoms with Gasteiger partial charge in [0.2, 0.25) is 0 Å². The van der Waals surface area contributed by atoms with Gasteiger partial charge in [0.1, 0.15) is 0 Å². The van der Waals surface area contributed by atoms with Gasteiger partial charge in [-0.2, -0.15) is 0 Å². The summed E-state index contributed by atoms with van der Waals surface area (Å²) in [6, 6.07) is 0.522. The molecule has 4 heteroatoms. The summed E-state index contributed by atoms with van der Waals surface area (Å²) in [5, 5.41) is 19.3. The number of hydrogen-bond acceptors (Lipinski definition) is 4. The number of aliphatic hydroxyl groups excluding tert-OH is 1. The average Bonchev–Trinajstić information content (AvgIpc) is 2.88. The number of likely N-dealkylation sites (tertiary alicyclic amines) is 1. The average molecular weight is 285 g/mol. The zero-order valence-corrected chi connectivity index (χ0v) is 12.8. The number of unbranched alkanes of at least 4 members (excludes halogenated alkanes) is 1. The van der Waals surface area contributed by atoms with Gasteiger partial charge < -0.3 is 14.9 Å². The van der Waals surface area contributed by atoms with Crippen molar-refractivity contribution in [3.8, 4) is 0 Å². The van der Waals surface area contributed by atoms with E-state index in [0.29, 0.717) is 6.04 Å². The fourth-order valence-corrected chi connectivity index (χ4v) is 4.14. The fraction of sp³-hybridized carbons (Fsp3) is 1.00. The molecule has 0 aromatic heterocycles. The largest absolute Gasteiger partial charge is 0.385 e. The lowest BCUT2D eigenvalue weighted by atomic mass is 9.83. The Kier molecular flexibility index (Phi) is 6.75. The molecule has 0 aromatic rings. The van der Waals surface area contributed by atoms with Crippen molar-refractivity contribution in [3.63, 3.8) is 0 Å². The fourth-order valence-electron chi connectivity index (χ4n) is 4.14. The van der Waals surface area contributed by atoms with Gasteiger partial charge in [0, 0.05) is 19.8 Å². The van der Waals surface area contributed by atoms with E-state index < -0.39 is 6.29 Å². The van der Waals surface area contributed by atoms with Crippen molar-refractivity contribution in [3.05, 3.63) is 0 Å². The van der Waals surface area contributed by atoms with Crippen molar-refractivity contribution >= 4 is 0 Å². The van der Waals surface area contributed by atoms with Crippen LogP contribution in [0.1, 0.15) is 57.8 Å². The zero-order valence-electron chi connectivity index (χ0n) is 12.8. The zero-order chi connectivity index (χ0) is 14.4. The van der Waals surface area contributed by atoms with Gasteiger partial charge in [-0.3, -0.25) is 4.90 Å². The minimum absolute atomic E-state index is 0.0514. The monoisotopic (exact) mass is 285 g/mol. The second-order valence-electron chi connectivity index (χ2n) is 6.46. The Hall–Kier alpha value is -0.160. The van der Waals surface area contributed by atoms with Crippen LogP contribution < -0.4 is 0 Å².